The van der Waals surface area contributed by atoms with E-state index in [0.717, 1.165) is 0 Å². The zero-order valence-corrected chi connectivity index (χ0v) is 9.71. The second kappa shape index (κ2) is 5.14. The first-order valence-corrected chi connectivity index (χ1v) is 5.02. The van der Waals surface area contributed by atoms with E-state index >= 15 is 0 Å². The van der Waals surface area contributed by atoms with E-state index in [1.807, 2.05) is 0 Å². The Morgan fingerprint density at radius 2 is 2.12 bits per heavy atom. The van der Waals surface area contributed by atoms with Gasteiger partial charge >= 0.3 is 5.97 Å². The number of amides is 1. The highest BCUT2D eigenvalue weighted by Crippen LogP contribution is 2.19. The number of carboxylic acid groups (broad SMARTS) is 1. The molecule has 0 aromatic carbocycles. The van der Waals surface area contributed by atoms with Crippen LogP contribution in [0, 0.1) is 0 Å². The number of carboxylic acids is 1. The number of nitrogens with one attached hydrogen (secondary N) is 1. The normalized spacial score (nSPS) is 11.9. The smallest absolute Gasteiger partial charge is 0.325 e. The average molecular weight is 263 g/mol. The molecule has 5 nitrogen and oxygen atoms in total. The Hall–Kier alpha value is -1.33. The summed E-state index contributed by atoms with van der Waals surface area (Å²) in [5.41, 5.74) is 0.155. The van der Waals surface area contributed by atoms with Gasteiger partial charge < -0.3 is 10.4 Å². The Bertz CT molecular complexity index is 437. The minimum atomic E-state index is -1.12. The van der Waals surface area contributed by atoms with Gasteiger partial charge in [0.15, 0.2) is 0 Å². The molecule has 2 N–H and O–H groups in total. The van der Waals surface area contributed by atoms with E-state index in [-0.39, 0.29) is 15.7 Å². The molecule has 0 saturated carbocycles. The maximum atomic E-state index is 11.5. The van der Waals surface area contributed by atoms with Crippen LogP contribution in [0.1, 0.15) is 17.3 Å². The molecule has 1 aromatic heterocycles. The highest BCUT2D eigenvalue weighted by Gasteiger charge is 2.16. The Kier molecular flexibility index (Phi) is 4.09. The van der Waals surface area contributed by atoms with Crippen LogP contribution < -0.4 is 5.32 Å². The summed E-state index contributed by atoms with van der Waals surface area (Å²) >= 11 is 11.2. The van der Waals surface area contributed by atoms with Gasteiger partial charge in [0, 0.05) is 6.20 Å². The lowest BCUT2D eigenvalue weighted by molar-refractivity contribution is -0.138. The Balaban J connectivity index is 2.81. The highest BCUT2D eigenvalue weighted by molar-refractivity contribution is 6.41. The van der Waals surface area contributed by atoms with Gasteiger partial charge in [0.05, 0.1) is 10.6 Å². The van der Waals surface area contributed by atoms with Crippen molar-refractivity contribution in [1.82, 2.24) is 10.3 Å². The fraction of sp³-hybridized carbons (Fsp3) is 0.222. The van der Waals surface area contributed by atoms with Crippen LogP contribution in [0.15, 0.2) is 12.3 Å². The SMILES string of the molecule is C[C@@H](NC(=O)c1cnc(Cl)c(Cl)c1)C(=O)O. The van der Waals surface area contributed by atoms with Crippen LogP contribution in [0.2, 0.25) is 10.2 Å². The van der Waals surface area contributed by atoms with Crippen molar-refractivity contribution >= 4 is 35.1 Å². The fourth-order valence-electron chi connectivity index (χ4n) is 0.887. The first-order chi connectivity index (χ1) is 7.41. The molecule has 0 aliphatic rings. The zero-order valence-electron chi connectivity index (χ0n) is 8.20. The molecule has 1 amide bonds. The van der Waals surface area contributed by atoms with Crippen molar-refractivity contribution < 1.29 is 14.7 Å². The lowest BCUT2D eigenvalue weighted by atomic mass is 10.2. The molecule has 7 heteroatoms. The largest absolute Gasteiger partial charge is 0.480 e. The van der Waals surface area contributed by atoms with E-state index in [1.54, 1.807) is 0 Å². The highest BCUT2D eigenvalue weighted by atomic mass is 35.5. The van der Waals surface area contributed by atoms with Crippen molar-refractivity contribution in [3.63, 3.8) is 0 Å². The number of hydrogen-bond acceptors (Lipinski definition) is 3. The monoisotopic (exact) mass is 262 g/mol. The van der Waals surface area contributed by atoms with Crippen molar-refractivity contribution in [1.29, 1.82) is 0 Å². The van der Waals surface area contributed by atoms with Gasteiger partial charge in [0.2, 0.25) is 0 Å². The maximum absolute atomic E-state index is 11.5. The van der Waals surface area contributed by atoms with E-state index in [9.17, 15) is 9.59 Å². The van der Waals surface area contributed by atoms with Crippen molar-refractivity contribution in [2.24, 2.45) is 0 Å². The minimum Gasteiger partial charge on any atom is -0.480 e. The van der Waals surface area contributed by atoms with Gasteiger partial charge in [-0.15, -0.1) is 0 Å². The molecule has 0 spiro atoms. The third-order valence-electron chi connectivity index (χ3n) is 1.78. The summed E-state index contributed by atoms with van der Waals surface area (Å²) in [6, 6.07) is 0.336. The average Bonchev–Trinajstić information content (AvgIpc) is 2.21. The van der Waals surface area contributed by atoms with Crippen molar-refractivity contribution in [3.05, 3.63) is 28.0 Å². The quantitative estimate of drug-likeness (QED) is 0.811. The number of carbonyl (C=O) groups excluding carboxylic acids is 1. The Morgan fingerprint density at radius 1 is 1.50 bits per heavy atom. The standard InChI is InChI=1S/C9H8Cl2N2O3/c1-4(9(15)16)13-8(14)5-2-6(10)7(11)12-3-5/h2-4H,1H3,(H,13,14)(H,15,16)/t4-/m1/s1. The molecule has 0 radical (unpaired) electrons. The van der Waals surface area contributed by atoms with E-state index in [0.29, 0.717) is 0 Å². The van der Waals surface area contributed by atoms with Gasteiger partial charge in [0.25, 0.3) is 5.91 Å². The predicted molar refractivity (Wildman–Crippen MR) is 58.8 cm³/mol. The van der Waals surface area contributed by atoms with Crippen LogP contribution in [-0.4, -0.2) is 28.0 Å². The van der Waals surface area contributed by atoms with Crippen LogP contribution in [0.25, 0.3) is 0 Å². The van der Waals surface area contributed by atoms with Gasteiger partial charge in [-0.25, -0.2) is 4.98 Å². The summed E-state index contributed by atoms with van der Waals surface area (Å²) in [6.45, 7) is 1.35. The van der Waals surface area contributed by atoms with Crippen LogP contribution in [-0.2, 0) is 4.79 Å². The molecule has 0 unspecified atom stereocenters. The molecule has 86 valence electrons. The van der Waals surface area contributed by atoms with Crippen molar-refractivity contribution in [2.75, 3.05) is 0 Å². The number of halogens is 2. The maximum Gasteiger partial charge on any atom is 0.325 e. The third-order valence-corrected chi connectivity index (χ3v) is 2.46. The molecular formula is C9H8Cl2N2O3. The van der Waals surface area contributed by atoms with Crippen LogP contribution in [0.5, 0.6) is 0 Å². The summed E-state index contributed by atoms with van der Waals surface area (Å²) in [4.78, 5) is 25.7. The van der Waals surface area contributed by atoms with Crippen molar-refractivity contribution in [3.8, 4) is 0 Å². The van der Waals surface area contributed by atoms with Gasteiger partial charge in [0.1, 0.15) is 11.2 Å². The second-order valence-corrected chi connectivity index (χ2v) is 3.80. The molecule has 1 heterocycles. The van der Waals surface area contributed by atoms with Gasteiger partial charge in [-0.2, -0.15) is 0 Å². The van der Waals surface area contributed by atoms with E-state index in [1.165, 1.54) is 19.2 Å². The number of nitrogens with zero attached hydrogens (tertiary/aromatic N) is 1. The second-order valence-electron chi connectivity index (χ2n) is 3.03. The summed E-state index contributed by atoms with van der Waals surface area (Å²) < 4.78 is 0. The molecular weight excluding hydrogens is 255 g/mol. The molecule has 1 aromatic rings. The summed E-state index contributed by atoms with van der Waals surface area (Å²) in [5, 5.41) is 11.1. The van der Waals surface area contributed by atoms with Gasteiger partial charge in [-0.1, -0.05) is 23.2 Å². The van der Waals surface area contributed by atoms with E-state index < -0.39 is 17.9 Å². The fourth-order valence-corrected chi connectivity index (χ4v) is 1.16. The predicted octanol–water partition coefficient (Wildman–Crippen LogP) is 1.59. The lowest BCUT2D eigenvalue weighted by Gasteiger charge is -2.09. The minimum absolute atomic E-state index is 0.0875. The van der Waals surface area contributed by atoms with Gasteiger partial charge in [-0.05, 0) is 13.0 Å². The number of carbonyl (C=O) groups is 2. The van der Waals surface area contributed by atoms with Gasteiger partial charge in [-0.3, -0.25) is 9.59 Å². The number of pyridine rings is 1. The van der Waals surface area contributed by atoms with E-state index in [2.05, 4.69) is 10.3 Å². The lowest BCUT2D eigenvalue weighted by Crippen LogP contribution is -2.38. The molecule has 1 rings (SSSR count). The van der Waals surface area contributed by atoms with Crippen LogP contribution >= 0.6 is 23.2 Å². The molecule has 0 aliphatic carbocycles. The third kappa shape index (κ3) is 3.08. The molecule has 1 atom stereocenters. The molecule has 16 heavy (non-hydrogen) atoms. The van der Waals surface area contributed by atoms with Crippen LogP contribution in [0.3, 0.4) is 0 Å². The Labute approximate surface area is 101 Å². The summed E-state index contributed by atoms with van der Waals surface area (Å²) in [6.07, 6.45) is 1.22. The number of aliphatic carboxylic acids is 1. The molecule has 0 fully saturated rings. The summed E-state index contributed by atoms with van der Waals surface area (Å²) in [5.74, 6) is -1.69. The van der Waals surface area contributed by atoms with Crippen LogP contribution in [0.4, 0.5) is 0 Å². The topological polar surface area (TPSA) is 79.3 Å². The molecule has 0 saturated heterocycles. The molecule has 0 bridgehead atoms. The Morgan fingerprint density at radius 3 is 2.62 bits per heavy atom. The summed E-state index contributed by atoms with van der Waals surface area (Å²) in [7, 11) is 0. The first-order valence-electron chi connectivity index (χ1n) is 4.26. The zero-order chi connectivity index (χ0) is 12.3. The number of aromatic nitrogens is 1. The first kappa shape index (κ1) is 12.7. The number of rotatable bonds is 3. The van der Waals surface area contributed by atoms with E-state index in [4.69, 9.17) is 28.3 Å². The van der Waals surface area contributed by atoms with Crippen molar-refractivity contribution in [2.45, 2.75) is 13.0 Å². The number of hydrogen-bond donors (Lipinski definition) is 2. The molecule has 0 aliphatic heterocycles.